The Bertz CT molecular complexity index is 58.9. The zero-order valence-corrected chi connectivity index (χ0v) is 8.65. The van der Waals surface area contributed by atoms with Crippen LogP contribution in [0.1, 0.15) is 58.3 Å². The minimum Gasteiger partial charge on any atom is -0.330 e. The quantitative estimate of drug-likeness (QED) is 0.544. The summed E-state index contributed by atoms with van der Waals surface area (Å²) < 4.78 is 0. The van der Waals surface area contributed by atoms with Gasteiger partial charge in [-0.2, -0.15) is 0 Å². The van der Waals surface area contributed by atoms with Gasteiger partial charge in [-0.05, 0) is 13.0 Å². The van der Waals surface area contributed by atoms with Gasteiger partial charge < -0.3 is 5.73 Å². The third-order valence-electron chi connectivity index (χ3n) is 2.06. The van der Waals surface area contributed by atoms with E-state index in [0.717, 1.165) is 6.54 Å². The Kier molecular flexibility index (Phi) is 16.1. The van der Waals surface area contributed by atoms with Gasteiger partial charge in [-0.25, -0.2) is 0 Å². The van der Waals surface area contributed by atoms with Gasteiger partial charge in [0, 0.05) is 6.15 Å². The largest absolute Gasteiger partial charge is 0.330 e. The minimum absolute atomic E-state index is 0. The normalized spacial score (nSPS) is 9.50. The molecule has 0 aliphatic heterocycles. The van der Waals surface area contributed by atoms with E-state index in [9.17, 15) is 0 Å². The van der Waals surface area contributed by atoms with Crippen molar-refractivity contribution in [2.24, 2.45) is 5.73 Å². The average molecular weight is 161 g/mol. The Morgan fingerprint density at radius 1 is 0.750 bits per heavy atom. The smallest absolute Gasteiger partial charge is 0 e. The zero-order chi connectivity index (χ0) is 8.36. The first-order chi connectivity index (χ1) is 5.41. The zero-order valence-electron chi connectivity index (χ0n) is 8.65. The molecule has 12 heavy (non-hydrogen) atoms. The predicted octanol–water partition coefficient (Wildman–Crippen LogP) is 3.09. The van der Waals surface area contributed by atoms with Gasteiger partial charge in [0.15, 0.2) is 0 Å². The first-order valence-electron chi connectivity index (χ1n) is 5.12. The van der Waals surface area contributed by atoms with Crippen LogP contribution in [0, 0.1) is 6.15 Å². The van der Waals surface area contributed by atoms with Crippen LogP contribution < -0.4 is 5.73 Å². The standard InChI is InChI=1S/C10H23N.He/c1-2-3-4-5-6-7-8-9-10-11;/h2-11H2,1H3;. The second kappa shape index (κ2) is 13.5. The third-order valence-corrected chi connectivity index (χ3v) is 2.06. The molecule has 0 saturated carbocycles. The molecule has 0 fully saturated rings. The van der Waals surface area contributed by atoms with Crippen LogP contribution in [-0.4, -0.2) is 6.54 Å². The summed E-state index contributed by atoms with van der Waals surface area (Å²) in [6, 6.07) is 0. The van der Waals surface area contributed by atoms with Crippen molar-refractivity contribution in [1.29, 1.82) is 0 Å². The molecule has 0 aromatic heterocycles. The summed E-state index contributed by atoms with van der Waals surface area (Å²) >= 11 is 0. The maximum absolute atomic E-state index is 5.39. The fourth-order valence-electron chi connectivity index (χ4n) is 1.28. The van der Waals surface area contributed by atoms with Crippen LogP contribution in [0.3, 0.4) is 0 Å². The summed E-state index contributed by atoms with van der Waals surface area (Å²) in [6.45, 7) is 3.13. The number of unbranched alkanes of at least 4 members (excludes halogenated alkanes) is 7. The number of hydrogen-bond acceptors (Lipinski definition) is 1. The van der Waals surface area contributed by atoms with Crippen molar-refractivity contribution < 1.29 is 6.15 Å². The van der Waals surface area contributed by atoms with Gasteiger partial charge in [0.25, 0.3) is 0 Å². The molecule has 2 N–H and O–H groups in total. The van der Waals surface area contributed by atoms with Crippen molar-refractivity contribution in [3.63, 3.8) is 0 Å². The van der Waals surface area contributed by atoms with E-state index in [2.05, 4.69) is 6.92 Å². The Morgan fingerprint density at radius 2 is 1.17 bits per heavy atom. The van der Waals surface area contributed by atoms with Gasteiger partial charge in [-0.15, -0.1) is 0 Å². The van der Waals surface area contributed by atoms with Crippen LogP contribution in [0.5, 0.6) is 0 Å². The van der Waals surface area contributed by atoms with Crippen molar-refractivity contribution in [3.8, 4) is 0 Å². The van der Waals surface area contributed by atoms with Crippen molar-refractivity contribution >= 4 is 0 Å². The molecular weight excluding hydrogens is 138 g/mol. The molecule has 0 heterocycles. The molecule has 0 aliphatic carbocycles. The Morgan fingerprint density at radius 3 is 1.58 bits per heavy atom. The van der Waals surface area contributed by atoms with Crippen molar-refractivity contribution in [3.05, 3.63) is 0 Å². The molecule has 0 aromatic carbocycles. The molecule has 0 atom stereocenters. The van der Waals surface area contributed by atoms with E-state index in [1.54, 1.807) is 0 Å². The fraction of sp³-hybridized carbons (Fsp3) is 1.00. The van der Waals surface area contributed by atoms with Crippen molar-refractivity contribution in [1.82, 2.24) is 0 Å². The maximum atomic E-state index is 5.39. The first kappa shape index (κ1) is 14.4. The van der Waals surface area contributed by atoms with E-state index in [-0.39, 0.29) is 6.15 Å². The summed E-state index contributed by atoms with van der Waals surface area (Å²) in [5, 5.41) is 0. The third kappa shape index (κ3) is 12.5. The second-order valence-electron chi connectivity index (χ2n) is 3.26. The summed E-state index contributed by atoms with van der Waals surface area (Å²) in [4.78, 5) is 0. The molecule has 0 radical (unpaired) electrons. The number of rotatable bonds is 8. The second-order valence-corrected chi connectivity index (χ2v) is 3.26. The van der Waals surface area contributed by atoms with E-state index in [4.69, 9.17) is 5.73 Å². The molecule has 0 spiro atoms. The minimum atomic E-state index is 0. The van der Waals surface area contributed by atoms with Crippen LogP contribution in [0.15, 0.2) is 0 Å². The number of nitrogens with two attached hydrogens (primary N) is 1. The molecule has 0 bridgehead atoms. The monoisotopic (exact) mass is 161 g/mol. The molecule has 0 aromatic rings. The molecule has 0 unspecified atom stereocenters. The van der Waals surface area contributed by atoms with E-state index in [0.29, 0.717) is 0 Å². The van der Waals surface area contributed by atoms with Gasteiger partial charge in [-0.1, -0.05) is 51.9 Å². The van der Waals surface area contributed by atoms with Gasteiger partial charge in [0.2, 0.25) is 0 Å². The summed E-state index contributed by atoms with van der Waals surface area (Å²) in [5.74, 6) is 0. The summed E-state index contributed by atoms with van der Waals surface area (Å²) in [7, 11) is 0. The Hall–Kier alpha value is -0.131. The van der Waals surface area contributed by atoms with Crippen LogP contribution in [-0.2, 0) is 0 Å². The predicted molar refractivity (Wildman–Crippen MR) is 51.7 cm³/mol. The van der Waals surface area contributed by atoms with E-state index >= 15 is 0 Å². The summed E-state index contributed by atoms with van der Waals surface area (Å²) in [5.41, 5.74) is 5.39. The van der Waals surface area contributed by atoms with E-state index < -0.39 is 0 Å². The van der Waals surface area contributed by atoms with Gasteiger partial charge in [-0.3, -0.25) is 0 Å². The van der Waals surface area contributed by atoms with E-state index in [1.165, 1.54) is 51.4 Å². The summed E-state index contributed by atoms with van der Waals surface area (Å²) in [6.07, 6.45) is 11.0. The van der Waals surface area contributed by atoms with Crippen LogP contribution in [0.25, 0.3) is 0 Å². The molecule has 0 rings (SSSR count). The van der Waals surface area contributed by atoms with Crippen molar-refractivity contribution in [2.45, 2.75) is 58.3 Å². The van der Waals surface area contributed by atoms with Gasteiger partial charge in [0.1, 0.15) is 0 Å². The maximum Gasteiger partial charge on any atom is 0 e. The molecule has 2 heteroatoms. The average Bonchev–Trinajstić information content (AvgIpc) is 2.03. The fourth-order valence-corrected chi connectivity index (χ4v) is 1.28. The van der Waals surface area contributed by atoms with E-state index in [1.807, 2.05) is 0 Å². The van der Waals surface area contributed by atoms with Crippen molar-refractivity contribution in [2.75, 3.05) is 6.54 Å². The first-order valence-corrected chi connectivity index (χ1v) is 5.12. The molecule has 70 valence electrons. The van der Waals surface area contributed by atoms with Gasteiger partial charge >= 0.3 is 0 Å². The topological polar surface area (TPSA) is 26.0 Å². The van der Waals surface area contributed by atoms with Gasteiger partial charge in [0.05, 0.1) is 0 Å². The van der Waals surface area contributed by atoms with Crippen LogP contribution in [0.2, 0.25) is 0 Å². The molecule has 0 saturated heterocycles. The van der Waals surface area contributed by atoms with Crippen LogP contribution >= 0.6 is 0 Å². The Balaban J connectivity index is 0. The molecule has 0 aliphatic rings. The number of hydrogen-bond donors (Lipinski definition) is 1. The molecule has 0 amide bonds. The SMILES string of the molecule is CCCCCCCCCCN.[He]. The molecule has 1 nitrogen and oxygen atoms in total. The van der Waals surface area contributed by atoms with Crippen LogP contribution in [0.4, 0.5) is 0 Å². The Labute approximate surface area is 77.5 Å². The molecular formula is C10H23HeN.